The summed E-state index contributed by atoms with van der Waals surface area (Å²) >= 11 is 0. The minimum atomic E-state index is -1.27. The van der Waals surface area contributed by atoms with Crippen LogP contribution in [0.5, 0.6) is 0 Å². The first kappa shape index (κ1) is 21.4. The lowest BCUT2D eigenvalue weighted by Gasteiger charge is -2.59. The van der Waals surface area contributed by atoms with Crippen molar-refractivity contribution in [1.82, 2.24) is 15.5 Å². The van der Waals surface area contributed by atoms with Crippen LogP contribution in [-0.2, 0) is 15.1 Å². The topological polar surface area (TPSA) is 78.5 Å². The van der Waals surface area contributed by atoms with E-state index >= 15 is 0 Å². The van der Waals surface area contributed by atoms with Crippen molar-refractivity contribution in [2.75, 3.05) is 6.54 Å². The van der Waals surface area contributed by atoms with E-state index in [1.54, 1.807) is 6.92 Å². The Bertz CT molecular complexity index is 911. The summed E-state index contributed by atoms with van der Waals surface area (Å²) in [6, 6.07) is 5.01. The molecule has 6 nitrogen and oxygen atoms in total. The second-order valence-electron chi connectivity index (χ2n) is 10.7. The number of benzene rings is 1. The van der Waals surface area contributed by atoms with E-state index in [-0.39, 0.29) is 23.9 Å². The van der Waals surface area contributed by atoms with Crippen molar-refractivity contribution in [2.24, 2.45) is 23.2 Å². The number of nitrogens with one attached hydrogen (secondary N) is 2. The molecule has 2 atom stereocenters. The van der Waals surface area contributed by atoms with Crippen molar-refractivity contribution in [2.45, 2.75) is 70.4 Å². The summed E-state index contributed by atoms with van der Waals surface area (Å²) in [4.78, 5) is 39.9. The van der Waals surface area contributed by atoms with E-state index < -0.39 is 23.3 Å². The molecule has 4 aliphatic carbocycles. The summed E-state index contributed by atoms with van der Waals surface area (Å²) in [5, 5.41) is 5.89. The third-order valence-electron chi connectivity index (χ3n) is 8.73. The number of hydrogen-bond donors (Lipinski definition) is 2. The molecule has 0 aromatic heterocycles. The molecule has 32 heavy (non-hydrogen) atoms. The molecule has 5 fully saturated rings. The van der Waals surface area contributed by atoms with E-state index in [4.69, 9.17) is 0 Å². The Hall–Kier alpha value is -2.44. The third-order valence-corrected chi connectivity index (χ3v) is 8.73. The molecule has 6 rings (SSSR count). The van der Waals surface area contributed by atoms with Crippen molar-refractivity contribution >= 4 is 17.8 Å². The van der Waals surface area contributed by atoms with Crippen LogP contribution < -0.4 is 10.6 Å². The van der Waals surface area contributed by atoms with E-state index in [0.29, 0.717) is 12.0 Å². The van der Waals surface area contributed by atoms with Gasteiger partial charge in [-0.3, -0.25) is 14.5 Å². The minimum Gasteiger partial charge on any atom is -0.352 e. The molecule has 1 aliphatic heterocycles. The monoisotopic (exact) mass is 441 g/mol. The molecule has 0 spiro atoms. The number of urea groups is 1. The Morgan fingerprint density at radius 2 is 1.69 bits per heavy atom. The average molecular weight is 442 g/mol. The molecule has 0 radical (unpaired) electrons. The fourth-order valence-electron chi connectivity index (χ4n) is 7.44. The van der Waals surface area contributed by atoms with Gasteiger partial charge in [0.05, 0.1) is 0 Å². The first-order chi connectivity index (χ1) is 15.2. The van der Waals surface area contributed by atoms with E-state index in [0.717, 1.165) is 22.7 Å². The molecule has 2 N–H and O–H groups in total. The molecule has 172 valence electrons. The van der Waals surface area contributed by atoms with Crippen LogP contribution in [0.3, 0.4) is 0 Å². The highest BCUT2D eigenvalue weighted by atomic mass is 19.1. The maximum absolute atomic E-state index is 13.4. The van der Waals surface area contributed by atoms with Gasteiger partial charge in [-0.25, -0.2) is 9.18 Å². The number of imide groups is 1. The Kier molecular flexibility index (Phi) is 5.06. The third kappa shape index (κ3) is 3.32. The molecule has 4 saturated carbocycles. The highest BCUT2D eigenvalue weighted by Gasteiger charge is 2.54. The number of rotatable bonds is 6. The van der Waals surface area contributed by atoms with E-state index in [1.165, 1.54) is 62.8 Å². The average Bonchev–Trinajstić information content (AvgIpc) is 2.98. The molecule has 4 bridgehead atoms. The Balaban J connectivity index is 1.28. The predicted molar refractivity (Wildman–Crippen MR) is 117 cm³/mol. The summed E-state index contributed by atoms with van der Waals surface area (Å²) in [5.41, 5.74) is -0.593. The van der Waals surface area contributed by atoms with Crippen molar-refractivity contribution < 1.29 is 18.8 Å². The van der Waals surface area contributed by atoms with Gasteiger partial charge in [0.25, 0.3) is 5.91 Å². The molecule has 1 saturated heterocycles. The number of amides is 4. The minimum absolute atomic E-state index is 0.0252. The van der Waals surface area contributed by atoms with Gasteiger partial charge in [-0.1, -0.05) is 19.1 Å². The van der Waals surface area contributed by atoms with Gasteiger partial charge in [0, 0.05) is 6.04 Å². The molecular weight excluding hydrogens is 409 g/mol. The molecule has 2 unspecified atom stereocenters. The summed E-state index contributed by atoms with van der Waals surface area (Å²) < 4.78 is 13.4. The van der Waals surface area contributed by atoms with Crippen LogP contribution in [0.2, 0.25) is 0 Å². The number of carbonyl (C=O) groups is 3. The van der Waals surface area contributed by atoms with Crippen molar-refractivity contribution in [3.05, 3.63) is 35.6 Å². The van der Waals surface area contributed by atoms with Gasteiger partial charge in [0.2, 0.25) is 5.91 Å². The van der Waals surface area contributed by atoms with E-state index in [1.807, 2.05) is 0 Å². The largest absolute Gasteiger partial charge is 0.352 e. The lowest BCUT2D eigenvalue weighted by Crippen LogP contribution is -2.57. The van der Waals surface area contributed by atoms with Crippen LogP contribution in [-0.4, -0.2) is 35.3 Å². The normalized spacial score (nSPS) is 36.3. The zero-order valence-electron chi connectivity index (χ0n) is 18.8. The second kappa shape index (κ2) is 7.56. The quantitative estimate of drug-likeness (QED) is 0.661. The van der Waals surface area contributed by atoms with E-state index in [9.17, 15) is 18.8 Å². The van der Waals surface area contributed by atoms with Gasteiger partial charge in [-0.15, -0.1) is 0 Å². The van der Waals surface area contributed by atoms with Gasteiger partial charge < -0.3 is 10.6 Å². The Morgan fingerprint density at radius 3 is 2.22 bits per heavy atom. The fraction of sp³-hybridized carbons (Fsp3) is 0.640. The van der Waals surface area contributed by atoms with Crippen LogP contribution in [0.1, 0.15) is 64.4 Å². The molecule has 4 amide bonds. The standard InChI is InChI=1S/C25H32FN3O3/c1-3-25(19-4-6-20(26)7-5-19)22(31)29(23(32)28-25)14-21(30)27-15(2)24-11-16-8-17(12-24)10-18(9-16)13-24/h4-7,15-18H,3,8-14H2,1-2H3,(H,27,30)(H,28,32). The Labute approximate surface area is 188 Å². The van der Waals surface area contributed by atoms with Crippen LogP contribution >= 0.6 is 0 Å². The van der Waals surface area contributed by atoms with Crippen LogP contribution in [0.15, 0.2) is 24.3 Å². The highest BCUT2D eigenvalue weighted by Crippen LogP contribution is 2.61. The lowest BCUT2D eigenvalue weighted by molar-refractivity contribution is -0.136. The van der Waals surface area contributed by atoms with Crippen molar-refractivity contribution in [3.8, 4) is 0 Å². The van der Waals surface area contributed by atoms with Crippen LogP contribution in [0.4, 0.5) is 9.18 Å². The number of halogens is 1. The number of hydrogen-bond acceptors (Lipinski definition) is 3. The number of nitrogens with zero attached hydrogens (tertiary/aromatic N) is 1. The van der Waals surface area contributed by atoms with Crippen LogP contribution in [0.25, 0.3) is 0 Å². The fourth-order valence-corrected chi connectivity index (χ4v) is 7.44. The first-order valence-corrected chi connectivity index (χ1v) is 11.9. The summed E-state index contributed by atoms with van der Waals surface area (Å²) in [6.45, 7) is 3.58. The highest BCUT2D eigenvalue weighted by molar-refractivity contribution is 6.09. The van der Waals surface area contributed by atoms with Crippen molar-refractivity contribution in [1.29, 1.82) is 0 Å². The molecule has 7 heteroatoms. The van der Waals surface area contributed by atoms with Gasteiger partial charge in [0.1, 0.15) is 17.9 Å². The molecule has 1 aromatic carbocycles. The van der Waals surface area contributed by atoms with Gasteiger partial charge in [0.15, 0.2) is 0 Å². The number of carbonyl (C=O) groups excluding carboxylic acids is 3. The lowest BCUT2D eigenvalue weighted by atomic mass is 9.48. The molecule has 1 heterocycles. The molecule has 1 aromatic rings. The zero-order chi connectivity index (χ0) is 22.7. The van der Waals surface area contributed by atoms with Gasteiger partial charge in [-0.2, -0.15) is 0 Å². The van der Waals surface area contributed by atoms with Crippen molar-refractivity contribution in [3.63, 3.8) is 0 Å². The smallest absolute Gasteiger partial charge is 0.325 e. The molecule has 5 aliphatic rings. The summed E-state index contributed by atoms with van der Waals surface area (Å²) in [7, 11) is 0. The maximum Gasteiger partial charge on any atom is 0.325 e. The predicted octanol–water partition coefficient (Wildman–Crippen LogP) is 3.70. The first-order valence-electron chi connectivity index (χ1n) is 11.9. The SMILES string of the molecule is CCC1(c2ccc(F)cc2)NC(=O)N(CC(=O)NC(C)C23CC4CC(CC(C4)C2)C3)C1=O. The van der Waals surface area contributed by atoms with E-state index in [2.05, 4.69) is 17.6 Å². The summed E-state index contributed by atoms with van der Waals surface area (Å²) in [5.74, 6) is 1.18. The van der Waals surface area contributed by atoms with Crippen LogP contribution in [0, 0.1) is 29.0 Å². The molecular formula is C25H32FN3O3. The zero-order valence-corrected chi connectivity index (χ0v) is 18.8. The maximum atomic E-state index is 13.4. The van der Waals surface area contributed by atoms with Gasteiger partial charge in [-0.05, 0) is 92.7 Å². The van der Waals surface area contributed by atoms with Gasteiger partial charge >= 0.3 is 6.03 Å². The summed E-state index contributed by atoms with van der Waals surface area (Å²) in [6.07, 6.45) is 7.85. The Morgan fingerprint density at radius 1 is 1.12 bits per heavy atom. The second-order valence-corrected chi connectivity index (χ2v) is 10.7.